The molecule has 0 heterocycles. The Bertz CT molecular complexity index is 376. The molecule has 0 aliphatic carbocycles. The first-order valence-corrected chi connectivity index (χ1v) is 4.82. The summed E-state index contributed by atoms with van der Waals surface area (Å²) in [6.45, 7) is 1.88. The van der Waals surface area contributed by atoms with Crippen molar-refractivity contribution < 1.29 is 0 Å². The maximum Gasteiger partial charge on any atom is 0.0612 e. The highest BCUT2D eigenvalue weighted by atomic mass is 35.5. The topological polar surface area (TPSA) is 26.0 Å². The Labute approximate surface area is 88.7 Å². The van der Waals surface area contributed by atoms with Crippen molar-refractivity contribution in [1.29, 1.82) is 0 Å². The number of nitrogen functional groups attached to an aromatic ring is 1. The lowest BCUT2D eigenvalue weighted by Gasteiger charge is -2.03. The molecular formula is C10H10ClNS. The SMILES string of the molecule is Cc1c(N)ccc(C#CCS)c1Cl. The summed E-state index contributed by atoms with van der Waals surface area (Å²) < 4.78 is 0. The first kappa shape index (κ1) is 10.3. The quantitative estimate of drug-likeness (QED) is 0.385. The van der Waals surface area contributed by atoms with Gasteiger partial charge < -0.3 is 5.73 Å². The number of anilines is 1. The third-order valence-electron chi connectivity index (χ3n) is 1.73. The van der Waals surface area contributed by atoms with E-state index in [4.69, 9.17) is 17.3 Å². The smallest absolute Gasteiger partial charge is 0.0612 e. The molecule has 0 saturated carbocycles. The molecule has 0 aliphatic heterocycles. The van der Waals surface area contributed by atoms with E-state index >= 15 is 0 Å². The third-order valence-corrected chi connectivity index (χ3v) is 2.38. The second-order valence-electron chi connectivity index (χ2n) is 2.60. The van der Waals surface area contributed by atoms with Gasteiger partial charge in [0.15, 0.2) is 0 Å². The molecule has 0 spiro atoms. The van der Waals surface area contributed by atoms with Gasteiger partial charge in [0.2, 0.25) is 0 Å². The standard InChI is InChI=1S/C10H10ClNS/c1-7-9(12)5-4-8(10(7)11)3-2-6-13/h4-5,13H,6,12H2,1H3. The first-order valence-electron chi connectivity index (χ1n) is 3.81. The lowest BCUT2D eigenvalue weighted by molar-refractivity contribution is 1.45. The van der Waals surface area contributed by atoms with Crippen molar-refractivity contribution in [3.63, 3.8) is 0 Å². The average molecular weight is 212 g/mol. The highest BCUT2D eigenvalue weighted by Crippen LogP contribution is 2.24. The van der Waals surface area contributed by atoms with Gasteiger partial charge in [-0.2, -0.15) is 12.6 Å². The monoisotopic (exact) mass is 211 g/mol. The summed E-state index contributed by atoms with van der Waals surface area (Å²) in [6.07, 6.45) is 0. The van der Waals surface area contributed by atoms with Gasteiger partial charge in [0.1, 0.15) is 0 Å². The molecular weight excluding hydrogens is 202 g/mol. The van der Waals surface area contributed by atoms with Crippen LogP contribution >= 0.6 is 24.2 Å². The fourth-order valence-corrected chi connectivity index (χ4v) is 1.23. The Balaban J connectivity index is 3.18. The molecule has 0 aromatic heterocycles. The molecule has 68 valence electrons. The molecule has 0 radical (unpaired) electrons. The largest absolute Gasteiger partial charge is 0.398 e. The number of nitrogens with two attached hydrogens (primary N) is 1. The molecule has 1 nitrogen and oxygen atoms in total. The maximum absolute atomic E-state index is 6.03. The van der Waals surface area contributed by atoms with Gasteiger partial charge >= 0.3 is 0 Å². The van der Waals surface area contributed by atoms with E-state index < -0.39 is 0 Å². The summed E-state index contributed by atoms with van der Waals surface area (Å²) >= 11 is 10.0. The lowest BCUT2D eigenvalue weighted by Crippen LogP contribution is -1.91. The van der Waals surface area contributed by atoms with Crippen molar-refractivity contribution in [2.75, 3.05) is 11.5 Å². The van der Waals surface area contributed by atoms with Crippen LogP contribution in [0.4, 0.5) is 5.69 Å². The minimum atomic E-state index is 0.528. The fourth-order valence-electron chi connectivity index (χ4n) is 0.931. The van der Waals surface area contributed by atoms with Gasteiger partial charge in [-0.15, -0.1) is 0 Å². The molecule has 13 heavy (non-hydrogen) atoms. The minimum Gasteiger partial charge on any atom is -0.398 e. The number of rotatable bonds is 0. The molecule has 0 unspecified atom stereocenters. The van der Waals surface area contributed by atoms with Crippen LogP contribution in [-0.2, 0) is 0 Å². The van der Waals surface area contributed by atoms with E-state index in [0.717, 1.165) is 11.1 Å². The molecule has 2 N–H and O–H groups in total. The van der Waals surface area contributed by atoms with E-state index in [1.807, 2.05) is 19.1 Å². The molecule has 0 amide bonds. The van der Waals surface area contributed by atoms with Crippen LogP contribution < -0.4 is 5.73 Å². The van der Waals surface area contributed by atoms with Gasteiger partial charge in [-0.1, -0.05) is 23.4 Å². The number of halogens is 1. The van der Waals surface area contributed by atoms with Crippen molar-refractivity contribution in [2.45, 2.75) is 6.92 Å². The minimum absolute atomic E-state index is 0.528. The van der Waals surface area contributed by atoms with Crippen LogP contribution in [0, 0.1) is 18.8 Å². The molecule has 0 atom stereocenters. The van der Waals surface area contributed by atoms with Crippen LogP contribution in [-0.4, -0.2) is 5.75 Å². The average Bonchev–Trinajstić information content (AvgIpc) is 2.13. The van der Waals surface area contributed by atoms with E-state index in [2.05, 4.69) is 24.5 Å². The fraction of sp³-hybridized carbons (Fsp3) is 0.200. The molecule has 1 aromatic rings. The van der Waals surface area contributed by atoms with E-state index in [0.29, 0.717) is 16.5 Å². The predicted molar refractivity (Wildman–Crippen MR) is 61.3 cm³/mol. The predicted octanol–water partition coefficient (Wildman–Crippen LogP) is 2.51. The second-order valence-corrected chi connectivity index (χ2v) is 3.30. The van der Waals surface area contributed by atoms with Gasteiger partial charge in [0, 0.05) is 11.3 Å². The highest BCUT2D eigenvalue weighted by Gasteiger charge is 2.03. The summed E-state index contributed by atoms with van der Waals surface area (Å²) in [6, 6.07) is 3.63. The van der Waals surface area contributed by atoms with Crippen LogP contribution in [0.25, 0.3) is 0 Å². The number of hydrogen-bond acceptors (Lipinski definition) is 2. The zero-order valence-corrected chi connectivity index (χ0v) is 8.91. The van der Waals surface area contributed by atoms with Gasteiger partial charge in [-0.3, -0.25) is 0 Å². The number of hydrogen-bond donors (Lipinski definition) is 2. The summed E-state index contributed by atoms with van der Waals surface area (Å²) in [4.78, 5) is 0. The van der Waals surface area contributed by atoms with Crippen molar-refractivity contribution >= 4 is 29.9 Å². The number of thiol groups is 1. The summed E-state index contributed by atoms with van der Waals surface area (Å²) in [7, 11) is 0. The van der Waals surface area contributed by atoms with E-state index in [1.54, 1.807) is 0 Å². The van der Waals surface area contributed by atoms with E-state index in [1.165, 1.54) is 0 Å². The van der Waals surface area contributed by atoms with E-state index in [-0.39, 0.29) is 0 Å². The van der Waals surface area contributed by atoms with Crippen LogP contribution in [0.1, 0.15) is 11.1 Å². The molecule has 0 bridgehead atoms. The van der Waals surface area contributed by atoms with Gasteiger partial charge in [0.05, 0.1) is 10.8 Å². The van der Waals surface area contributed by atoms with E-state index in [9.17, 15) is 0 Å². The Kier molecular flexibility index (Phi) is 3.53. The number of benzene rings is 1. The molecule has 0 aliphatic rings. The second kappa shape index (κ2) is 4.45. The van der Waals surface area contributed by atoms with Gasteiger partial charge in [-0.25, -0.2) is 0 Å². The Morgan fingerprint density at radius 3 is 2.85 bits per heavy atom. The summed E-state index contributed by atoms with van der Waals surface area (Å²) in [5.74, 6) is 6.29. The van der Waals surface area contributed by atoms with Crippen LogP contribution in [0.15, 0.2) is 12.1 Å². The normalized spacial score (nSPS) is 9.15. The zero-order chi connectivity index (χ0) is 9.84. The van der Waals surface area contributed by atoms with Crippen molar-refractivity contribution in [3.8, 4) is 11.8 Å². The molecule has 1 rings (SSSR count). The van der Waals surface area contributed by atoms with Crippen molar-refractivity contribution in [2.24, 2.45) is 0 Å². The zero-order valence-electron chi connectivity index (χ0n) is 7.26. The Morgan fingerprint density at radius 2 is 2.23 bits per heavy atom. The maximum atomic E-state index is 6.03. The summed E-state index contributed by atoms with van der Waals surface area (Å²) in [5.41, 5.74) is 8.06. The third kappa shape index (κ3) is 2.33. The molecule has 3 heteroatoms. The first-order chi connectivity index (χ1) is 6.16. The molecule has 0 fully saturated rings. The van der Waals surface area contributed by atoms with Crippen LogP contribution in [0.5, 0.6) is 0 Å². The van der Waals surface area contributed by atoms with Crippen LogP contribution in [0.2, 0.25) is 5.02 Å². The van der Waals surface area contributed by atoms with Gasteiger partial charge in [-0.05, 0) is 24.6 Å². The van der Waals surface area contributed by atoms with Crippen molar-refractivity contribution in [3.05, 3.63) is 28.3 Å². The Morgan fingerprint density at radius 1 is 1.54 bits per heavy atom. The van der Waals surface area contributed by atoms with Crippen LogP contribution in [0.3, 0.4) is 0 Å². The highest BCUT2D eigenvalue weighted by molar-refractivity contribution is 7.80. The van der Waals surface area contributed by atoms with Gasteiger partial charge in [0.25, 0.3) is 0 Å². The molecule has 1 aromatic carbocycles. The molecule has 0 saturated heterocycles. The Hall–Kier alpha value is -0.780. The lowest BCUT2D eigenvalue weighted by atomic mass is 10.1. The van der Waals surface area contributed by atoms with Crippen molar-refractivity contribution in [1.82, 2.24) is 0 Å². The summed E-state index contributed by atoms with van der Waals surface area (Å²) in [5, 5.41) is 0.634.